The van der Waals surface area contributed by atoms with Crippen LogP contribution in [0.2, 0.25) is 0 Å². The van der Waals surface area contributed by atoms with Gasteiger partial charge < -0.3 is 15.8 Å². The van der Waals surface area contributed by atoms with E-state index in [1.54, 1.807) is 31.2 Å². The van der Waals surface area contributed by atoms with Crippen LogP contribution in [-0.4, -0.2) is 18.7 Å². The highest BCUT2D eigenvalue weighted by Crippen LogP contribution is 2.19. The van der Waals surface area contributed by atoms with Gasteiger partial charge in [-0.05, 0) is 16.7 Å². The summed E-state index contributed by atoms with van der Waals surface area (Å²) in [4.78, 5) is 12.3. The zero-order valence-electron chi connectivity index (χ0n) is 15.0. The first kappa shape index (κ1) is 20.9. The van der Waals surface area contributed by atoms with Crippen LogP contribution < -0.4 is 11.1 Å². The maximum absolute atomic E-state index is 12.3. The van der Waals surface area contributed by atoms with E-state index in [-0.39, 0.29) is 12.5 Å². The van der Waals surface area contributed by atoms with Crippen molar-refractivity contribution in [2.75, 3.05) is 6.61 Å². The van der Waals surface area contributed by atoms with Crippen molar-refractivity contribution >= 4 is 5.91 Å². The van der Waals surface area contributed by atoms with Crippen LogP contribution in [-0.2, 0) is 22.7 Å². The van der Waals surface area contributed by atoms with E-state index in [1.165, 1.54) is 0 Å². The van der Waals surface area contributed by atoms with Crippen LogP contribution >= 0.6 is 0 Å². The van der Waals surface area contributed by atoms with Gasteiger partial charge >= 0.3 is 6.18 Å². The van der Waals surface area contributed by atoms with Crippen LogP contribution in [0.25, 0.3) is 0 Å². The molecule has 0 aliphatic heterocycles. The molecule has 0 bridgehead atoms. The van der Waals surface area contributed by atoms with E-state index in [9.17, 15) is 18.0 Å². The molecule has 2 atom stereocenters. The lowest BCUT2D eigenvalue weighted by Gasteiger charge is -2.20. The molecule has 2 aromatic carbocycles. The van der Waals surface area contributed by atoms with Crippen molar-refractivity contribution in [3.05, 3.63) is 71.3 Å². The largest absolute Gasteiger partial charge is 0.411 e. The smallest absolute Gasteiger partial charge is 0.367 e. The number of amides is 1. The van der Waals surface area contributed by atoms with Crippen molar-refractivity contribution in [1.82, 2.24) is 5.32 Å². The zero-order chi connectivity index (χ0) is 19.9. The molecule has 7 heteroatoms. The standard InChI is InChI=1S/C20H23F3N2O2/c1-14(18(24)17-5-3-2-4-6-17)19(26)25-11-15-7-9-16(10-8-15)12-27-13-20(21,22)23/h2-10,14,18H,11-13,24H2,1H3,(H,25,26). The minimum absolute atomic E-state index is 0.116. The number of alkyl halides is 3. The van der Waals surface area contributed by atoms with E-state index in [1.807, 2.05) is 30.3 Å². The Hall–Kier alpha value is -2.38. The van der Waals surface area contributed by atoms with E-state index in [4.69, 9.17) is 5.73 Å². The molecule has 0 aliphatic carbocycles. The SMILES string of the molecule is CC(C(=O)NCc1ccc(COCC(F)(F)F)cc1)C(N)c1ccccc1. The minimum Gasteiger partial charge on any atom is -0.367 e. The van der Waals surface area contributed by atoms with Crippen molar-refractivity contribution in [3.8, 4) is 0 Å². The topological polar surface area (TPSA) is 64.3 Å². The van der Waals surface area contributed by atoms with E-state index in [2.05, 4.69) is 10.1 Å². The fraction of sp³-hybridized carbons (Fsp3) is 0.350. The normalized spacial score (nSPS) is 13.8. The molecule has 1 amide bonds. The Morgan fingerprint density at radius 2 is 1.67 bits per heavy atom. The molecule has 2 unspecified atom stereocenters. The maximum atomic E-state index is 12.3. The van der Waals surface area contributed by atoms with Gasteiger partial charge in [-0.25, -0.2) is 0 Å². The third-order valence-corrected chi connectivity index (χ3v) is 4.16. The Morgan fingerprint density at radius 1 is 1.07 bits per heavy atom. The van der Waals surface area contributed by atoms with Gasteiger partial charge in [-0.15, -0.1) is 0 Å². The average molecular weight is 380 g/mol. The van der Waals surface area contributed by atoms with Crippen LogP contribution in [0.5, 0.6) is 0 Å². The quantitative estimate of drug-likeness (QED) is 0.734. The van der Waals surface area contributed by atoms with Crippen LogP contribution in [0.15, 0.2) is 54.6 Å². The fourth-order valence-corrected chi connectivity index (χ4v) is 2.52. The van der Waals surface area contributed by atoms with E-state index < -0.39 is 24.7 Å². The zero-order valence-corrected chi connectivity index (χ0v) is 15.0. The molecular weight excluding hydrogens is 357 g/mol. The van der Waals surface area contributed by atoms with Crippen LogP contribution in [0.1, 0.15) is 29.7 Å². The molecule has 0 spiro atoms. The molecule has 0 aromatic heterocycles. The summed E-state index contributed by atoms with van der Waals surface area (Å²) in [5.41, 5.74) is 8.51. The highest BCUT2D eigenvalue weighted by atomic mass is 19.4. The van der Waals surface area contributed by atoms with E-state index in [0.717, 1.165) is 11.1 Å². The molecule has 0 saturated heterocycles. The summed E-state index contributed by atoms with van der Waals surface area (Å²) in [7, 11) is 0. The van der Waals surface area contributed by atoms with Crippen molar-refractivity contribution < 1.29 is 22.7 Å². The highest BCUT2D eigenvalue weighted by molar-refractivity contribution is 5.79. The Balaban J connectivity index is 1.81. The van der Waals surface area contributed by atoms with Gasteiger partial charge in [0.15, 0.2) is 0 Å². The Morgan fingerprint density at radius 3 is 2.26 bits per heavy atom. The Bertz CT molecular complexity index is 718. The molecular formula is C20H23F3N2O2. The molecule has 0 heterocycles. The van der Waals surface area contributed by atoms with Gasteiger partial charge in [-0.1, -0.05) is 61.5 Å². The highest BCUT2D eigenvalue weighted by Gasteiger charge is 2.27. The number of halogens is 3. The number of nitrogens with one attached hydrogen (secondary N) is 1. The lowest BCUT2D eigenvalue weighted by molar-refractivity contribution is -0.176. The van der Waals surface area contributed by atoms with E-state index in [0.29, 0.717) is 12.1 Å². The van der Waals surface area contributed by atoms with Gasteiger partial charge in [-0.2, -0.15) is 13.2 Å². The number of carbonyl (C=O) groups excluding carboxylic acids is 1. The summed E-state index contributed by atoms with van der Waals surface area (Å²) in [5, 5.41) is 2.83. The Labute approximate surface area is 156 Å². The predicted octanol–water partition coefficient (Wildman–Crippen LogP) is 3.72. The molecule has 146 valence electrons. The second-order valence-corrected chi connectivity index (χ2v) is 6.37. The van der Waals surface area contributed by atoms with Crippen molar-refractivity contribution in [2.24, 2.45) is 11.7 Å². The van der Waals surface area contributed by atoms with Gasteiger partial charge in [0.25, 0.3) is 0 Å². The van der Waals surface area contributed by atoms with Gasteiger partial charge in [-0.3, -0.25) is 4.79 Å². The first-order valence-corrected chi connectivity index (χ1v) is 8.57. The molecule has 0 radical (unpaired) electrons. The van der Waals surface area contributed by atoms with Crippen molar-refractivity contribution in [2.45, 2.75) is 32.3 Å². The van der Waals surface area contributed by atoms with Gasteiger partial charge in [0.2, 0.25) is 5.91 Å². The molecule has 2 rings (SSSR count). The third kappa shape index (κ3) is 7.03. The van der Waals surface area contributed by atoms with Crippen molar-refractivity contribution in [3.63, 3.8) is 0 Å². The third-order valence-electron chi connectivity index (χ3n) is 4.16. The minimum atomic E-state index is -4.33. The summed E-state index contributed by atoms with van der Waals surface area (Å²) in [6, 6.07) is 15.8. The maximum Gasteiger partial charge on any atom is 0.411 e. The second kappa shape index (κ2) is 9.53. The predicted molar refractivity (Wildman–Crippen MR) is 96.5 cm³/mol. The molecule has 0 fully saturated rings. The first-order chi connectivity index (χ1) is 12.8. The molecule has 0 saturated carbocycles. The number of hydrogen-bond acceptors (Lipinski definition) is 3. The lowest BCUT2D eigenvalue weighted by atomic mass is 9.94. The molecule has 2 aromatic rings. The van der Waals surface area contributed by atoms with Crippen LogP contribution in [0.3, 0.4) is 0 Å². The summed E-state index contributed by atoms with van der Waals surface area (Å²) in [6.45, 7) is 0.696. The number of nitrogens with two attached hydrogens (primary N) is 1. The summed E-state index contributed by atoms with van der Waals surface area (Å²) >= 11 is 0. The second-order valence-electron chi connectivity index (χ2n) is 6.37. The first-order valence-electron chi connectivity index (χ1n) is 8.57. The molecule has 27 heavy (non-hydrogen) atoms. The van der Waals surface area contributed by atoms with Crippen LogP contribution in [0, 0.1) is 5.92 Å². The number of rotatable bonds is 8. The fourth-order valence-electron chi connectivity index (χ4n) is 2.52. The average Bonchev–Trinajstić information content (AvgIpc) is 2.65. The van der Waals surface area contributed by atoms with E-state index >= 15 is 0 Å². The molecule has 3 N–H and O–H groups in total. The number of ether oxygens (including phenoxy) is 1. The van der Waals surface area contributed by atoms with Crippen LogP contribution in [0.4, 0.5) is 13.2 Å². The number of hydrogen-bond donors (Lipinski definition) is 2. The monoisotopic (exact) mass is 380 g/mol. The summed E-state index contributed by atoms with van der Waals surface area (Å²) in [6.07, 6.45) is -4.33. The Kier molecular flexibility index (Phi) is 7.38. The number of benzene rings is 2. The summed E-state index contributed by atoms with van der Waals surface area (Å²) < 4.78 is 40.8. The van der Waals surface area contributed by atoms with Crippen molar-refractivity contribution in [1.29, 1.82) is 0 Å². The number of carbonyl (C=O) groups is 1. The van der Waals surface area contributed by atoms with Gasteiger partial charge in [0.05, 0.1) is 12.5 Å². The lowest BCUT2D eigenvalue weighted by Crippen LogP contribution is -2.35. The molecule has 0 aliphatic rings. The van der Waals surface area contributed by atoms with Gasteiger partial charge in [0.1, 0.15) is 6.61 Å². The summed E-state index contributed by atoms with van der Waals surface area (Å²) in [5.74, 6) is -0.564. The van der Waals surface area contributed by atoms with Gasteiger partial charge in [0, 0.05) is 12.6 Å². The molecule has 4 nitrogen and oxygen atoms in total.